The summed E-state index contributed by atoms with van der Waals surface area (Å²) in [6.45, 7) is 1.55. The van der Waals surface area contributed by atoms with Crippen LogP contribution in [0.2, 0.25) is 0 Å². The highest BCUT2D eigenvalue weighted by atomic mass is 16.5. The van der Waals surface area contributed by atoms with E-state index < -0.39 is 42.7 Å². The predicted molar refractivity (Wildman–Crippen MR) is 114 cm³/mol. The topological polar surface area (TPSA) is 110 Å². The van der Waals surface area contributed by atoms with E-state index in [1.165, 1.54) is 0 Å². The van der Waals surface area contributed by atoms with Crippen LogP contribution in [0.25, 0.3) is 0 Å². The molecule has 0 radical (unpaired) electrons. The Kier molecular flexibility index (Phi) is 6.18. The molecule has 1 heterocycles. The molecule has 1 aliphatic carbocycles. The third-order valence-electron chi connectivity index (χ3n) is 6.11. The summed E-state index contributed by atoms with van der Waals surface area (Å²) in [5, 5.41) is 49.8. The van der Waals surface area contributed by atoms with E-state index >= 15 is 0 Å². The fourth-order valence-corrected chi connectivity index (χ4v) is 3.79. The lowest BCUT2D eigenvalue weighted by Gasteiger charge is -2.40. The quantitative estimate of drug-likeness (QED) is 0.468. The second kappa shape index (κ2) is 8.71. The van der Waals surface area contributed by atoms with E-state index in [-0.39, 0.29) is 0 Å². The molecule has 0 aromatic heterocycles. The van der Waals surface area contributed by atoms with Gasteiger partial charge < -0.3 is 30.3 Å². The predicted octanol–water partition coefficient (Wildman–Crippen LogP) is 0.977. The van der Waals surface area contributed by atoms with Gasteiger partial charge in [-0.3, -0.25) is 0 Å². The number of rotatable bonds is 4. The second-order valence-corrected chi connectivity index (χ2v) is 8.59. The van der Waals surface area contributed by atoms with Crippen molar-refractivity contribution in [2.75, 3.05) is 6.61 Å². The molecular formula is C25H28O6. The molecule has 2 aromatic carbocycles. The van der Waals surface area contributed by atoms with Crippen LogP contribution >= 0.6 is 0 Å². The zero-order valence-electron chi connectivity index (χ0n) is 17.4. The largest absolute Gasteiger partial charge is 0.394 e. The van der Waals surface area contributed by atoms with Crippen LogP contribution in [-0.2, 0) is 11.2 Å². The minimum Gasteiger partial charge on any atom is -0.394 e. The molecule has 5 N–H and O–H groups in total. The first-order valence-corrected chi connectivity index (χ1v) is 10.5. The Morgan fingerprint density at radius 1 is 1.00 bits per heavy atom. The molecular weight excluding hydrogens is 396 g/mol. The first kappa shape index (κ1) is 22.0. The van der Waals surface area contributed by atoms with Gasteiger partial charge >= 0.3 is 0 Å². The smallest absolute Gasteiger partial charge is 0.126 e. The van der Waals surface area contributed by atoms with Crippen LogP contribution < -0.4 is 0 Å². The van der Waals surface area contributed by atoms with E-state index in [0.29, 0.717) is 12.0 Å². The van der Waals surface area contributed by atoms with E-state index in [1.54, 1.807) is 0 Å². The van der Waals surface area contributed by atoms with Gasteiger partial charge in [0.1, 0.15) is 36.1 Å². The Hall–Kier alpha value is -2.24. The number of aliphatic hydroxyl groups excluding tert-OH is 4. The molecule has 2 aliphatic rings. The standard InChI is InChI=1S/C25H28O6/c1-15-2-7-18(24-23(29)22(28)21(27)20(14-26)31-24)13-19(15)12-17-5-3-16(4-6-17)8-9-25(30)10-11-25/h2-7,13,20-24,26-30H,10-12,14H2,1H3/t20-,21-,22+,23-,24+/m1/s1. The molecule has 31 heavy (non-hydrogen) atoms. The lowest BCUT2D eigenvalue weighted by atomic mass is 9.89. The van der Waals surface area contributed by atoms with Crippen molar-refractivity contribution >= 4 is 0 Å². The van der Waals surface area contributed by atoms with Gasteiger partial charge in [-0.15, -0.1) is 0 Å². The molecule has 6 nitrogen and oxygen atoms in total. The number of aryl methyl sites for hydroxylation is 1. The molecule has 5 atom stereocenters. The Balaban J connectivity index is 1.52. The van der Waals surface area contributed by atoms with Crippen molar-refractivity contribution in [3.05, 3.63) is 70.3 Å². The average Bonchev–Trinajstić information content (AvgIpc) is 3.51. The fraction of sp³-hybridized carbons (Fsp3) is 0.440. The normalized spacial score (nSPS) is 29.2. The highest BCUT2D eigenvalue weighted by molar-refractivity contribution is 5.42. The molecule has 0 amide bonds. The van der Waals surface area contributed by atoms with Crippen LogP contribution in [0.1, 0.15) is 46.8 Å². The summed E-state index contributed by atoms with van der Waals surface area (Å²) in [5.74, 6) is 5.92. The maximum atomic E-state index is 10.4. The van der Waals surface area contributed by atoms with Gasteiger partial charge in [0.05, 0.1) is 6.61 Å². The number of ether oxygens (including phenoxy) is 1. The van der Waals surface area contributed by atoms with E-state index in [1.807, 2.05) is 49.4 Å². The van der Waals surface area contributed by atoms with Crippen molar-refractivity contribution < 1.29 is 30.3 Å². The summed E-state index contributed by atoms with van der Waals surface area (Å²) in [4.78, 5) is 0. The first-order valence-electron chi connectivity index (χ1n) is 10.5. The van der Waals surface area contributed by atoms with E-state index in [2.05, 4.69) is 11.8 Å². The highest BCUT2D eigenvalue weighted by Crippen LogP contribution is 2.34. The first-order chi connectivity index (χ1) is 14.8. The van der Waals surface area contributed by atoms with Gasteiger partial charge in [-0.1, -0.05) is 42.2 Å². The highest BCUT2D eigenvalue weighted by Gasteiger charge is 2.44. The Morgan fingerprint density at radius 2 is 1.71 bits per heavy atom. The molecule has 4 rings (SSSR count). The zero-order chi connectivity index (χ0) is 22.2. The fourth-order valence-electron chi connectivity index (χ4n) is 3.79. The van der Waals surface area contributed by atoms with Crippen LogP contribution in [0.5, 0.6) is 0 Å². The number of benzene rings is 2. The molecule has 1 saturated heterocycles. The Labute approximate surface area is 181 Å². The number of aliphatic hydroxyl groups is 5. The zero-order valence-corrected chi connectivity index (χ0v) is 17.4. The van der Waals surface area contributed by atoms with Crippen molar-refractivity contribution in [1.29, 1.82) is 0 Å². The van der Waals surface area contributed by atoms with Gasteiger partial charge in [0, 0.05) is 5.56 Å². The summed E-state index contributed by atoms with van der Waals surface area (Å²) < 4.78 is 5.69. The summed E-state index contributed by atoms with van der Waals surface area (Å²) in [7, 11) is 0. The van der Waals surface area contributed by atoms with Gasteiger partial charge in [-0.25, -0.2) is 0 Å². The van der Waals surface area contributed by atoms with Crippen molar-refractivity contribution in [2.24, 2.45) is 0 Å². The van der Waals surface area contributed by atoms with Crippen molar-refractivity contribution in [1.82, 2.24) is 0 Å². The summed E-state index contributed by atoms with van der Waals surface area (Å²) >= 11 is 0. The second-order valence-electron chi connectivity index (χ2n) is 8.59. The van der Waals surface area contributed by atoms with Crippen LogP contribution in [0, 0.1) is 18.8 Å². The van der Waals surface area contributed by atoms with Gasteiger partial charge in [-0.05, 0) is 60.6 Å². The summed E-state index contributed by atoms with van der Waals surface area (Å²) in [6, 6.07) is 13.6. The van der Waals surface area contributed by atoms with Gasteiger partial charge in [0.25, 0.3) is 0 Å². The third kappa shape index (κ3) is 4.83. The lowest BCUT2D eigenvalue weighted by Crippen LogP contribution is -2.55. The molecule has 0 bridgehead atoms. The molecule has 1 aliphatic heterocycles. The molecule has 2 aromatic rings. The van der Waals surface area contributed by atoms with Crippen LogP contribution in [-0.4, -0.2) is 62.2 Å². The molecule has 6 heteroatoms. The van der Waals surface area contributed by atoms with Gasteiger partial charge in [-0.2, -0.15) is 0 Å². The minimum absolute atomic E-state index is 0.452. The van der Waals surface area contributed by atoms with E-state index in [9.17, 15) is 25.5 Å². The Bertz CT molecular complexity index is 983. The van der Waals surface area contributed by atoms with Crippen LogP contribution in [0.4, 0.5) is 0 Å². The lowest BCUT2D eigenvalue weighted by molar-refractivity contribution is -0.231. The van der Waals surface area contributed by atoms with Crippen LogP contribution in [0.3, 0.4) is 0 Å². The van der Waals surface area contributed by atoms with Crippen molar-refractivity contribution in [3.8, 4) is 11.8 Å². The Morgan fingerprint density at radius 3 is 2.35 bits per heavy atom. The molecule has 2 fully saturated rings. The maximum Gasteiger partial charge on any atom is 0.126 e. The van der Waals surface area contributed by atoms with E-state index in [0.717, 1.165) is 35.1 Å². The summed E-state index contributed by atoms with van der Waals surface area (Å²) in [5.41, 5.74) is 3.95. The van der Waals surface area contributed by atoms with Gasteiger partial charge in [0.2, 0.25) is 0 Å². The number of hydrogen-bond acceptors (Lipinski definition) is 6. The number of hydrogen-bond donors (Lipinski definition) is 5. The van der Waals surface area contributed by atoms with Gasteiger partial charge in [0.15, 0.2) is 0 Å². The molecule has 164 valence electrons. The molecule has 0 unspecified atom stereocenters. The molecule has 1 saturated carbocycles. The van der Waals surface area contributed by atoms with Crippen LogP contribution in [0.15, 0.2) is 42.5 Å². The SMILES string of the molecule is Cc1ccc([C@@H]2O[C@H](CO)[C@@H](O)[C@H](O)[C@H]2O)cc1Cc1ccc(C#CC2(O)CC2)cc1. The maximum absolute atomic E-state index is 10.4. The van der Waals surface area contributed by atoms with E-state index in [4.69, 9.17) is 4.74 Å². The summed E-state index contributed by atoms with van der Waals surface area (Å²) in [6.07, 6.45) is -3.71. The minimum atomic E-state index is -1.40. The third-order valence-corrected chi connectivity index (χ3v) is 6.11. The average molecular weight is 424 g/mol. The monoisotopic (exact) mass is 424 g/mol. The van der Waals surface area contributed by atoms with Crippen molar-refractivity contribution in [2.45, 2.75) is 62.3 Å². The van der Waals surface area contributed by atoms with Crippen molar-refractivity contribution in [3.63, 3.8) is 0 Å². The molecule has 0 spiro atoms.